The fraction of sp³-hybridized carbons (Fsp3) is 0.357. The molecule has 2 rings (SSSR count). The Hall–Kier alpha value is -2.21. The average molecular weight is 279 g/mol. The van der Waals surface area contributed by atoms with Gasteiger partial charge in [0, 0.05) is 0 Å². The Morgan fingerprint density at radius 1 is 1.30 bits per heavy atom. The molecule has 0 bridgehead atoms. The summed E-state index contributed by atoms with van der Waals surface area (Å²) in [4.78, 5) is 11.7. The van der Waals surface area contributed by atoms with Gasteiger partial charge in [0.2, 0.25) is 0 Å². The molecule has 108 valence electrons. The fourth-order valence-corrected chi connectivity index (χ4v) is 2.02. The fourth-order valence-electron chi connectivity index (χ4n) is 2.02. The summed E-state index contributed by atoms with van der Waals surface area (Å²) in [5.74, 6) is 0.952. The van der Waals surface area contributed by atoms with Gasteiger partial charge >= 0.3 is 5.76 Å². The monoisotopic (exact) mass is 279 g/mol. The van der Waals surface area contributed by atoms with E-state index in [1.165, 1.54) is 10.8 Å². The molecule has 0 aliphatic heterocycles. The molecule has 1 heterocycles. The van der Waals surface area contributed by atoms with E-state index in [9.17, 15) is 4.79 Å². The molecule has 6 heteroatoms. The van der Waals surface area contributed by atoms with Crippen molar-refractivity contribution >= 4 is 0 Å². The smallest absolute Gasteiger partial charge is 0.419 e. The lowest BCUT2D eigenvalue weighted by Gasteiger charge is -2.15. The quantitative estimate of drug-likeness (QED) is 0.899. The zero-order chi connectivity index (χ0) is 14.7. The number of oxazole rings is 1. The van der Waals surface area contributed by atoms with Gasteiger partial charge in [0.05, 0.1) is 26.5 Å². The molecule has 1 N–H and O–H groups in total. The van der Waals surface area contributed by atoms with Gasteiger partial charge in [0.1, 0.15) is 6.61 Å². The van der Waals surface area contributed by atoms with Crippen LogP contribution in [-0.4, -0.2) is 23.9 Å². The van der Waals surface area contributed by atoms with Crippen LogP contribution in [0.15, 0.2) is 33.6 Å². The lowest BCUT2D eigenvalue weighted by atomic mass is 10.1. The third-order valence-corrected chi connectivity index (χ3v) is 3.18. The van der Waals surface area contributed by atoms with Crippen LogP contribution < -0.4 is 15.2 Å². The van der Waals surface area contributed by atoms with Crippen molar-refractivity contribution < 1.29 is 19.0 Å². The average Bonchev–Trinajstić information content (AvgIpc) is 2.86. The number of aliphatic hydroxyl groups is 1. The minimum absolute atomic E-state index is 0.238. The first-order valence-electron chi connectivity index (χ1n) is 6.14. The van der Waals surface area contributed by atoms with Crippen LogP contribution in [0.2, 0.25) is 0 Å². The van der Waals surface area contributed by atoms with Crippen LogP contribution in [0, 0.1) is 0 Å². The van der Waals surface area contributed by atoms with Crippen molar-refractivity contribution in [2.24, 2.45) is 0 Å². The van der Waals surface area contributed by atoms with Crippen molar-refractivity contribution in [3.8, 4) is 11.5 Å². The van der Waals surface area contributed by atoms with E-state index in [0.29, 0.717) is 11.5 Å². The van der Waals surface area contributed by atoms with Gasteiger partial charge in [0.25, 0.3) is 0 Å². The third-order valence-electron chi connectivity index (χ3n) is 3.18. The Kier molecular flexibility index (Phi) is 4.14. The number of ether oxygens (including phenoxy) is 2. The molecule has 0 aliphatic rings. The topological polar surface area (TPSA) is 73.8 Å². The number of rotatable bonds is 5. The summed E-state index contributed by atoms with van der Waals surface area (Å²) >= 11 is 0. The van der Waals surface area contributed by atoms with Crippen molar-refractivity contribution in [1.82, 2.24) is 4.57 Å². The summed E-state index contributed by atoms with van der Waals surface area (Å²) in [7, 11) is 3.12. The Balaban J connectivity index is 2.39. The molecule has 0 aliphatic carbocycles. The van der Waals surface area contributed by atoms with Crippen molar-refractivity contribution in [3.05, 3.63) is 46.3 Å². The lowest BCUT2D eigenvalue weighted by molar-refractivity contribution is 0.243. The second-order valence-corrected chi connectivity index (χ2v) is 4.32. The maximum atomic E-state index is 11.7. The van der Waals surface area contributed by atoms with E-state index >= 15 is 0 Å². The molecule has 0 saturated heterocycles. The van der Waals surface area contributed by atoms with Gasteiger partial charge in [-0.1, -0.05) is 6.07 Å². The highest BCUT2D eigenvalue weighted by atomic mass is 16.5. The minimum Gasteiger partial charge on any atom is -0.493 e. The van der Waals surface area contributed by atoms with E-state index in [1.54, 1.807) is 20.3 Å². The third kappa shape index (κ3) is 2.55. The van der Waals surface area contributed by atoms with E-state index in [4.69, 9.17) is 19.0 Å². The second kappa shape index (κ2) is 5.83. The first kappa shape index (κ1) is 14.2. The molecule has 0 saturated carbocycles. The Bertz CT molecular complexity index is 643. The minimum atomic E-state index is -0.503. The number of hydrogen-bond acceptors (Lipinski definition) is 5. The van der Waals surface area contributed by atoms with Crippen LogP contribution in [0.25, 0.3) is 0 Å². The summed E-state index contributed by atoms with van der Waals surface area (Å²) in [5, 5.41) is 9.00. The summed E-state index contributed by atoms with van der Waals surface area (Å²) < 4.78 is 16.8. The number of aliphatic hydroxyl groups excluding tert-OH is 1. The van der Waals surface area contributed by atoms with Crippen molar-refractivity contribution in [1.29, 1.82) is 0 Å². The Morgan fingerprint density at radius 2 is 2.00 bits per heavy atom. The van der Waals surface area contributed by atoms with Crippen molar-refractivity contribution in [2.45, 2.75) is 19.6 Å². The highest BCUT2D eigenvalue weighted by Crippen LogP contribution is 2.30. The second-order valence-electron chi connectivity index (χ2n) is 4.32. The summed E-state index contributed by atoms with van der Waals surface area (Å²) in [6.45, 7) is 1.56. The van der Waals surface area contributed by atoms with Crippen LogP contribution >= 0.6 is 0 Å². The zero-order valence-corrected chi connectivity index (χ0v) is 11.6. The molecule has 0 fully saturated rings. The van der Waals surface area contributed by atoms with E-state index in [0.717, 1.165) is 5.56 Å². The maximum absolute atomic E-state index is 11.7. The molecule has 20 heavy (non-hydrogen) atoms. The molecule has 1 aromatic heterocycles. The van der Waals surface area contributed by atoms with Gasteiger partial charge in [-0.15, -0.1) is 0 Å². The van der Waals surface area contributed by atoms with Crippen LogP contribution in [0.3, 0.4) is 0 Å². The van der Waals surface area contributed by atoms with Crippen LogP contribution in [0.5, 0.6) is 11.5 Å². The first-order chi connectivity index (χ1) is 9.60. The molecule has 0 amide bonds. The Labute approximate surface area is 116 Å². The van der Waals surface area contributed by atoms with Gasteiger partial charge < -0.3 is 19.0 Å². The normalized spacial score (nSPS) is 12.2. The molecule has 1 unspecified atom stereocenters. The molecular weight excluding hydrogens is 262 g/mol. The maximum Gasteiger partial charge on any atom is 0.419 e. The number of aromatic nitrogens is 1. The van der Waals surface area contributed by atoms with Crippen molar-refractivity contribution in [3.63, 3.8) is 0 Å². The predicted octanol–water partition coefficient (Wildman–Crippen LogP) is 1.56. The lowest BCUT2D eigenvalue weighted by Crippen LogP contribution is -2.18. The number of hydrogen-bond donors (Lipinski definition) is 1. The molecule has 2 aromatic rings. The number of benzene rings is 1. The van der Waals surface area contributed by atoms with Crippen molar-refractivity contribution in [2.75, 3.05) is 14.2 Å². The molecule has 0 radical (unpaired) electrons. The van der Waals surface area contributed by atoms with Gasteiger partial charge in [0.15, 0.2) is 17.3 Å². The van der Waals surface area contributed by atoms with Crippen LogP contribution in [0.1, 0.15) is 24.3 Å². The summed E-state index contributed by atoms with van der Waals surface area (Å²) in [5.41, 5.74) is 0.870. The van der Waals surface area contributed by atoms with E-state index in [-0.39, 0.29) is 18.4 Å². The molecular formula is C14H17NO5. The van der Waals surface area contributed by atoms with Crippen LogP contribution in [0.4, 0.5) is 0 Å². The SMILES string of the molecule is COc1ccc(C(C)n2cc(CO)oc2=O)cc1OC. The highest BCUT2D eigenvalue weighted by Gasteiger charge is 2.15. The van der Waals surface area contributed by atoms with E-state index in [2.05, 4.69) is 0 Å². The molecule has 1 aromatic carbocycles. The van der Waals surface area contributed by atoms with Gasteiger partial charge in [-0.05, 0) is 24.6 Å². The largest absolute Gasteiger partial charge is 0.493 e. The number of nitrogens with zero attached hydrogens (tertiary/aromatic N) is 1. The Morgan fingerprint density at radius 3 is 2.55 bits per heavy atom. The first-order valence-corrected chi connectivity index (χ1v) is 6.14. The zero-order valence-electron chi connectivity index (χ0n) is 11.6. The van der Waals surface area contributed by atoms with E-state index in [1.807, 2.05) is 19.1 Å². The summed E-state index contributed by atoms with van der Waals surface area (Å²) in [6.07, 6.45) is 1.50. The molecule has 0 spiro atoms. The van der Waals surface area contributed by atoms with Gasteiger partial charge in [-0.2, -0.15) is 0 Å². The highest BCUT2D eigenvalue weighted by molar-refractivity contribution is 5.43. The molecule has 1 atom stereocenters. The van der Waals surface area contributed by atoms with Gasteiger partial charge in [-0.3, -0.25) is 4.57 Å². The predicted molar refractivity (Wildman–Crippen MR) is 72.2 cm³/mol. The van der Waals surface area contributed by atoms with E-state index < -0.39 is 5.76 Å². The summed E-state index contributed by atoms with van der Waals surface area (Å²) in [6, 6.07) is 5.19. The van der Waals surface area contributed by atoms with Crippen LogP contribution in [-0.2, 0) is 6.61 Å². The number of methoxy groups -OCH3 is 2. The molecule has 6 nitrogen and oxygen atoms in total. The standard InChI is InChI=1S/C14H17NO5/c1-9(15-7-11(8-16)20-14(15)17)10-4-5-12(18-2)13(6-10)19-3/h4-7,9,16H,8H2,1-3H3. The van der Waals surface area contributed by atoms with Gasteiger partial charge in [-0.25, -0.2) is 4.79 Å².